The maximum absolute atomic E-state index is 12.9. The molecule has 2 rings (SSSR count). The van der Waals surface area contributed by atoms with Crippen molar-refractivity contribution in [3.63, 3.8) is 0 Å². The number of hydrogen-bond donors (Lipinski definition) is 1. The minimum absolute atomic E-state index is 0.0862. The molecule has 0 spiro atoms. The van der Waals surface area contributed by atoms with E-state index in [-0.39, 0.29) is 18.4 Å². The number of hydrogen-bond acceptors (Lipinski definition) is 2. The molecule has 1 heterocycles. The Morgan fingerprint density at radius 2 is 2.04 bits per heavy atom. The fourth-order valence-electron chi connectivity index (χ4n) is 3.24. The number of aromatic nitrogens is 1. The minimum Gasteiger partial charge on any atom is -0.396 e. The highest BCUT2D eigenvalue weighted by Gasteiger charge is 2.19. The third-order valence-corrected chi connectivity index (χ3v) is 4.56. The largest absolute Gasteiger partial charge is 0.396 e. The van der Waals surface area contributed by atoms with E-state index in [1.54, 1.807) is 4.57 Å². The second-order valence-electron chi connectivity index (χ2n) is 6.67. The van der Waals surface area contributed by atoms with E-state index in [2.05, 4.69) is 13.5 Å². The topological polar surface area (TPSA) is 42.2 Å². The van der Waals surface area contributed by atoms with Crippen molar-refractivity contribution in [1.82, 2.24) is 4.57 Å². The Morgan fingerprint density at radius 1 is 1.29 bits per heavy atom. The number of para-hydroxylation sites is 1. The molecular formula is C21H29NO2. The van der Waals surface area contributed by atoms with E-state index in [1.165, 1.54) is 12.8 Å². The van der Waals surface area contributed by atoms with Crippen LogP contribution in [0.4, 0.5) is 0 Å². The number of benzene rings is 1. The summed E-state index contributed by atoms with van der Waals surface area (Å²) in [5.41, 5.74) is 3.11. The number of allylic oxidation sites excluding steroid dienone is 1. The fourth-order valence-corrected chi connectivity index (χ4v) is 3.24. The molecule has 1 aromatic heterocycles. The highest BCUT2D eigenvalue weighted by atomic mass is 16.3. The van der Waals surface area contributed by atoms with Gasteiger partial charge >= 0.3 is 0 Å². The lowest BCUT2D eigenvalue weighted by molar-refractivity contribution is 0.0849. The molecule has 0 saturated carbocycles. The Hall–Kier alpha value is -1.87. The van der Waals surface area contributed by atoms with Crippen LogP contribution in [0.2, 0.25) is 0 Å². The zero-order valence-corrected chi connectivity index (χ0v) is 14.9. The molecule has 1 N–H and O–H groups in total. The molecule has 1 atom stereocenters. The van der Waals surface area contributed by atoms with Crippen molar-refractivity contribution in [3.8, 4) is 0 Å². The van der Waals surface area contributed by atoms with Crippen molar-refractivity contribution in [2.24, 2.45) is 5.92 Å². The average molecular weight is 327 g/mol. The van der Waals surface area contributed by atoms with Gasteiger partial charge in [-0.3, -0.25) is 9.36 Å². The van der Waals surface area contributed by atoms with Gasteiger partial charge in [0.15, 0.2) is 0 Å². The van der Waals surface area contributed by atoms with Gasteiger partial charge in [-0.2, -0.15) is 0 Å². The van der Waals surface area contributed by atoms with Crippen LogP contribution < -0.4 is 0 Å². The van der Waals surface area contributed by atoms with Crippen LogP contribution in [-0.4, -0.2) is 22.2 Å². The first-order chi connectivity index (χ1) is 11.6. The van der Waals surface area contributed by atoms with Gasteiger partial charge in [0.25, 0.3) is 0 Å². The van der Waals surface area contributed by atoms with E-state index in [0.29, 0.717) is 6.42 Å². The van der Waals surface area contributed by atoms with Gasteiger partial charge in [0, 0.05) is 24.1 Å². The van der Waals surface area contributed by atoms with Gasteiger partial charge in [0.1, 0.15) is 0 Å². The molecule has 1 aromatic carbocycles. The fraction of sp³-hybridized carbons (Fsp3) is 0.476. The molecule has 0 amide bonds. The standard InChI is InChI=1S/C21H29NO2/c1-4-5-6-9-16(2)14-17(3)21(24)22-15-18(12-13-23)19-10-7-8-11-20(19)22/h7-8,10-11,15,17,23H,2,4-6,9,12-14H2,1,3H3/t17-/m0/s1. The highest BCUT2D eigenvalue weighted by Crippen LogP contribution is 2.25. The van der Waals surface area contributed by atoms with Crippen LogP contribution >= 0.6 is 0 Å². The first kappa shape index (κ1) is 18.5. The zero-order chi connectivity index (χ0) is 17.5. The lowest BCUT2D eigenvalue weighted by Crippen LogP contribution is -2.19. The van der Waals surface area contributed by atoms with Gasteiger partial charge in [-0.1, -0.05) is 57.0 Å². The van der Waals surface area contributed by atoms with Gasteiger partial charge in [0.2, 0.25) is 5.91 Å². The molecular weight excluding hydrogens is 298 g/mol. The molecule has 3 heteroatoms. The molecule has 24 heavy (non-hydrogen) atoms. The molecule has 0 bridgehead atoms. The van der Waals surface area contributed by atoms with Gasteiger partial charge in [-0.15, -0.1) is 0 Å². The predicted molar refractivity (Wildman–Crippen MR) is 100 cm³/mol. The van der Waals surface area contributed by atoms with Crippen molar-refractivity contribution in [2.45, 2.75) is 52.4 Å². The molecule has 0 radical (unpaired) electrons. The normalized spacial score (nSPS) is 12.5. The summed E-state index contributed by atoms with van der Waals surface area (Å²) in [5.74, 6) is 0.0175. The lowest BCUT2D eigenvalue weighted by Gasteiger charge is -2.14. The quantitative estimate of drug-likeness (QED) is 0.521. The highest BCUT2D eigenvalue weighted by molar-refractivity contribution is 5.95. The predicted octanol–water partition coefficient (Wildman–Crippen LogP) is 4.98. The summed E-state index contributed by atoms with van der Waals surface area (Å²) in [5, 5.41) is 10.3. The molecule has 0 aliphatic carbocycles. The summed E-state index contributed by atoms with van der Waals surface area (Å²) in [4.78, 5) is 12.9. The molecule has 130 valence electrons. The zero-order valence-electron chi connectivity index (χ0n) is 14.9. The van der Waals surface area contributed by atoms with Crippen molar-refractivity contribution in [1.29, 1.82) is 0 Å². The lowest BCUT2D eigenvalue weighted by atomic mass is 9.97. The average Bonchev–Trinajstić information content (AvgIpc) is 2.93. The van der Waals surface area contributed by atoms with Crippen molar-refractivity contribution in [3.05, 3.63) is 48.2 Å². The van der Waals surface area contributed by atoms with E-state index in [1.807, 2.05) is 37.4 Å². The Balaban J connectivity index is 2.14. The number of rotatable bonds is 9. The third-order valence-electron chi connectivity index (χ3n) is 4.56. The van der Waals surface area contributed by atoms with Crippen LogP contribution in [0.15, 0.2) is 42.6 Å². The van der Waals surface area contributed by atoms with E-state index in [0.717, 1.165) is 41.3 Å². The molecule has 0 aliphatic rings. The molecule has 0 aliphatic heterocycles. The third kappa shape index (κ3) is 4.35. The van der Waals surface area contributed by atoms with Crippen molar-refractivity contribution in [2.75, 3.05) is 6.61 Å². The van der Waals surface area contributed by atoms with Crippen LogP contribution in [0.5, 0.6) is 0 Å². The van der Waals surface area contributed by atoms with Crippen LogP contribution in [0, 0.1) is 5.92 Å². The summed E-state index contributed by atoms with van der Waals surface area (Å²) in [6.45, 7) is 8.40. The van der Waals surface area contributed by atoms with E-state index in [9.17, 15) is 9.90 Å². The van der Waals surface area contributed by atoms with Crippen LogP contribution in [0.1, 0.15) is 56.3 Å². The maximum atomic E-state index is 12.9. The Bertz CT molecular complexity index is 699. The SMILES string of the molecule is C=C(CCCCC)C[C@H](C)C(=O)n1cc(CCO)c2ccccc21. The number of carbonyl (C=O) groups excluding carboxylic acids is 1. The minimum atomic E-state index is -0.0862. The molecule has 3 nitrogen and oxygen atoms in total. The summed E-state index contributed by atoms with van der Waals surface area (Å²) >= 11 is 0. The number of aliphatic hydroxyl groups is 1. The van der Waals surface area contributed by atoms with Crippen LogP contribution in [-0.2, 0) is 6.42 Å². The van der Waals surface area contributed by atoms with Crippen molar-refractivity contribution >= 4 is 16.8 Å². The Kier molecular flexibility index (Phi) is 6.80. The number of nitrogens with zero attached hydrogens (tertiary/aromatic N) is 1. The molecule has 0 fully saturated rings. The Morgan fingerprint density at radius 3 is 2.75 bits per heavy atom. The monoisotopic (exact) mass is 327 g/mol. The first-order valence-corrected chi connectivity index (χ1v) is 8.99. The van der Waals surface area contributed by atoms with Crippen LogP contribution in [0.25, 0.3) is 10.9 Å². The summed E-state index contributed by atoms with van der Waals surface area (Å²) in [6.07, 6.45) is 7.78. The van der Waals surface area contributed by atoms with E-state index < -0.39 is 0 Å². The second kappa shape index (κ2) is 8.84. The van der Waals surface area contributed by atoms with E-state index in [4.69, 9.17) is 0 Å². The summed E-state index contributed by atoms with van der Waals surface area (Å²) in [6, 6.07) is 7.90. The summed E-state index contributed by atoms with van der Waals surface area (Å²) in [7, 11) is 0. The summed E-state index contributed by atoms with van der Waals surface area (Å²) < 4.78 is 1.75. The second-order valence-corrected chi connectivity index (χ2v) is 6.67. The molecule has 0 saturated heterocycles. The molecule has 2 aromatic rings. The number of aliphatic hydroxyl groups excluding tert-OH is 1. The smallest absolute Gasteiger partial charge is 0.234 e. The van der Waals surface area contributed by atoms with Gasteiger partial charge < -0.3 is 5.11 Å². The van der Waals surface area contributed by atoms with Gasteiger partial charge in [-0.25, -0.2) is 0 Å². The van der Waals surface area contributed by atoms with Crippen LogP contribution in [0.3, 0.4) is 0 Å². The van der Waals surface area contributed by atoms with Gasteiger partial charge in [0.05, 0.1) is 5.52 Å². The van der Waals surface area contributed by atoms with Gasteiger partial charge in [-0.05, 0) is 37.3 Å². The van der Waals surface area contributed by atoms with Crippen molar-refractivity contribution < 1.29 is 9.90 Å². The number of fused-ring (bicyclic) bond motifs is 1. The first-order valence-electron chi connectivity index (χ1n) is 8.99. The maximum Gasteiger partial charge on any atom is 0.234 e. The number of unbranched alkanes of at least 4 members (excludes halogenated alkanes) is 2. The number of carbonyl (C=O) groups is 1. The molecule has 0 unspecified atom stereocenters. The Labute approximate surface area is 145 Å². The van der Waals surface area contributed by atoms with E-state index >= 15 is 0 Å².